The van der Waals surface area contributed by atoms with Crippen LogP contribution in [0.15, 0.2) is 18.2 Å². The molecule has 0 saturated heterocycles. The Balaban J connectivity index is 2.69. The molecule has 0 aliphatic carbocycles. The normalized spacial score (nSPS) is 11.9. The molecule has 0 aromatic heterocycles. The minimum atomic E-state index is -1.07. The molecule has 0 spiro atoms. The van der Waals surface area contributed by atoms with Gasteiger partial charge in [-0.25, -0.2) is 4.79 Å². The molecule has 94 valence electrons. The van der Waals surface area contributed by atoms with Crippen LogP contribution in [-0.2, 0) is 4.74 Å². The Bertz CT molecular complexity index is 393. The standard InChI is InChI=1S/C11H15NO5/c1-16-10-4-7(2-3-9(10)12)11(15)17-6-8(14)5-13/h2-4,8,13-14H,5-6,12H2,1H3. The molecule has 1 aromatic rings. The minimum absolute atomic E-state index is 0.262. The summed E-state index contributed by atoms with van der Waals surface area (Å²) in [6.07, 6.45) is -1.07. The van der Waals surface area contributed by atoms with Gasteiger partial charge in [-0.15, -0.1) is 0 Å². The van der Waals surface area contributed by atoms with Crippen molar-refractivity contribution in [3.63, 3.8) is 0 Å². The number of anilines is 1. The summed E-state index contributed by atoms with van der Waals surface area (Å²) < 4.78 is 9.74. The van der Waals surface area contributed by atoms with Crippen LogP contribution in [0, 0.1) is 0 Å². The van der Waals surface area contributed by atoms with Gasteiger partial charge in [-0.1, -0.05) is 0 Å². The number of carbonyl (C=O) groups is 1. The fraction of sp³-hybridized carbons (Fsp3) is 0.364. The lowest BCUT2D eigenvalue weighted by atomic mass is 10.2. The minimum Gasteiger partial charge on any atom is -0.495 e. The summed E-state index contributed by atoms with van der Waals surface area (Å²) in [7, 11) is 1.44. The number of nitrogens with two attached hydrogens (primary N) is 1. The first-order valence-corrected chi connectivity index (χ1v) is 4.98. The largest absolute Gasteiger partial charge is 0.495 e. The number of esters is 1. The van der Waals surface area contributed by atoms with Crippen molar-refractivity contribution in [2.24, 2.45) is 0 Å². The van der Waals surface area contributed by atoms with Gasteiger partial charge in [0.2, 0.25) is 0 Å². The molecule has 4 N–H and O–H groups in total. The van der Waals surface area contributed by atoms with E-state index in [-0.39, 0.29) is 12.2 Å². The van der Waals surface area contributed by atoms with Gasteiger partial charge in [0.15, 0.2) is 0 Å². The summed E-state index contributed by atoms with van der Waals surface area (Å²) in [5.74, 6) is -0.238. The number of ether oxygens (including phenoxy) is 2. The predicted octanol–water partition coefficient (Wildman–Crippen LogP) is -0.213. The van der Waals surface area contributed by atoms with E-state index >= 15 is 0 Å². The summed E-state index contributed by atoms with van der Waals surface area (Å²) in [5.41, 5.74) is 6.27. The number of hydrogen-bond acceptors (Lipinski definition) is 6. The molecule has 6 heteroatoms. The maximum absolute atomic E-state index is 11.5. The first-order chi connectivity index (χ1) is 8.08. The van der Waals surface area contributed by atoms with Gasteiger partial charge in [0.05, 0.1) is 25.0 Å². The first kappa shape index (κ1) is 13.3. The van der Waals surface area contributed by atoms with Crippen LogP contribution in [-0.4, -0.2) is 42.6 Å². The van der Waals surface area contributed by atoms with Crippen LogP contribution >= 0.6 is 0 Å². The highest BCUT2D eigenvalue weighted by Crippen LogP contribution is 2.22. The van der Waals surface area contributed by atoms with Crippen molar-refractivity contribution in [1.29, 1.82) is 0 Å². The van der Waals surface area contributed by atoms with Crippen LogP contribution in [0.5, 0.6) is 5.75 Å². The zero-order chi connectivity index (χ0) is 12.8. The molecule has 0 aliphatic heterocycles. The van der Waals surface area contributed by atoms with Crippen LogP contribution in [0.3, 0.4) is 0 Å². The van der Waals surface area contributed by atoms with E-state index in [9.17, 15) is 4.79 Å². The highest BCUT2D eigenvalue weighted by molar-refractivity contribution is 5.90. The van der Waals surface area contributed by atoms with Gasteiger partial charge in [-0.05, 0) is 18.2 Å². The van der Waals surface area contributed by atoms with E-state index in [1.807, 2.05) is 0 Å². The number of hydrogen-bond donors (Lipinski definition) is 3. The third kappa shape index (κ3) is 3.61. The highest BCUT2D eigenvalue weighted by Gasteiger charge is 2.12. The van der Waals surface area contributed by atoms with E-state index in [0.29, 0.717) is 11.4 Å². The Morgan fingerprint density at radius 2 is 2.24 bits per heavy atom. The number of aliphatic hydroxyl groups excluding tert-OH is 2. The molecular weight excluding hydrogens is 226 g/mol. The number of carbonyl (C=O) groups excluding carboxylic acids is 1. The van der Waals surface area contributed by atoms with E-state index < -0.39 is 18.7 Å². The quantitative estimate of drug-likeness (QED) is 0.487. The molecule has 0 fully saturated rings. The molecule has 0 heterocycles. The Kier molecular flexibility index (Phi) is 4.74. The van der Waals surface area contributed by atoms with Gasteiger partial charge in [0, 0.05) is 0 Å². The predicted molar refractivity (Wildman–Crippen MR) is 60.8 cm³/mol. The lowest BCUT2D eigenvalue weighted by molar-refractivity contribution is 0.00931. The van der Waals surface area contributed by atoms with Crippen molar-refractivity contribution in [1.82, 2.24) is 0 Å². The molecule has 0 radical (unpaired) electrons. The van der Waals surface area contributed by atoms with Crippen molar-refractivity contribution < 1.29 is 24.5 Å². The zero-order valence-corrected chi connectivity index (χ0v) is 9.42. The van der Waals surface area contributed by atoms with Gasteiger partial charge in [0.1, 0.15) is 18.5 Å². The summed E-state index contributed by atoms with van der Waals surface area (Å²) in [5, 5.41) is 17.6. The van der Waals surface area contributed by atoms with Crippen molar-refractivity contribution >= 4 is 11.7 Å². The Labute approximate surface area is 98.6 Å². The molecule has 1 unspecified atom stereocenters. The molecule has 1 aromatic carbocycles. The summed E-state index contributed by atoms with van der Waals surface area (Å²) in [6.45, 7) is -0.722. The highest BCUT2D eigenvalue weighted by atomic mass is 16.5. The van der Waals surface area contributed by atoms with Crippen molar-refractivity contribution in [3.05, 3.63) is 23.8 Å². The fourth-order valence-corrected chi connectivity index (χ4v) is 1.15. The van der Waals surface area contributed by atoms with E-state index in [1.165, 1.54) is 25.3 Å². The van der Waals surface area contributed by atoms with E-state index in [1.54, 1.807) is 0 Å². The van der Waals surface area contributed by atoms with Gasteiger partial charge >= 0.3 is 5.97 Å². The molecule has 6 nitrogen and oxygen atoms in total. The zero-order valence-electron chi connectivity index (χ0n) is 9.42. The maximum Gasteiger partial charge on any atom is 0.338 e. The molecule has 1 atom stereocenters. The lowest BCUT2D eigenvalue weighted by Gasteiger charge is -2.10. The van der Waals surface area contributed by atoms with Gasteiger partial charge in [-0.2, -0.15) is 0 Å². The monoisotopic (exact) mass is 241 g/mol. The summed E-state index contributed by atoms with van der Waals surface area (Å²) >= 11 is 0. The van der Waals surface area contributed by atoms with E-state index in [4.69, 9.17) is 25.4 Å². The third-order valence-corrected chi connectivity index (χ3v) is 2.09. The van der Waals surface area contributed by atoms with Crippen molar-refractivity contribution in [2.45, 2.75) is 6.10 Å². The van der Waals surface area contributed by atoms with Gasteiger partial charge in [0.25, 0.3) is 0 Å². The molecule has 0 amide bonds. The smallest absolute Gasteiger partial charge is 0.338 e. The fourth-order valence-electron chi connectivity index (χ4n) is 1.15. The van der Waals surface area contributed by atoms with Crippen LogP contribution in [0.1, 0.15) is 10.4 Å². The third-order valence-electron chi connectivity index (χ3n) is 2.09. The summed E-state index contributed by atoms with van der Waals surface area (Å²) in [6, 6.07) is 4.46. The number of rotatable bonds is 5. The van der Waals surface area contributed by atoms with Crippen LogP contribution < -0.4 is 10.5 Å². The Hall–Kier alpha value is -1.79. The SMILES string of the molecule is COc1cc(C(=O)OCC(O)CO)ccc1N. The molecule has 1 rings (SSSR count). The number of methoxy groups -OCH3 is 1. The Morgan fingerprint density at radius 1 is 1.53 bits per heavy atom. The number of nitrogen functional groups attached to an aromatic ring is 1. The topological polar surface area (TPSA) is 102 Å². The second-order valence-corrected chi connectivity index (χ2v) is 3.39. The Morgan fingerprint density at radius 3 is 2.82 bits per heavy atom. The van der Waals surface area contributed by atoms with Crippen molar-refractivity contribution in [3.8, 4) is 5.75 Å². The van der Waals surface area contributed by atoms with Crippen LogP contribution in [0.4, 0.5) is 5.69 Å². The molecular formula is C11H15NO5. The number of benzene rings is 1. The van der Waals surface area contributed by atoms with E-state index in [0.717, 1.165) is 0 Å². The van der Waals surface area contributed by atoms with E-state index in [2.05, 4.69) is 0 Å². The second-order valence-electron chi connectivity index (χ2n) is 3.39. The summed E-state index contributed by atoms with van der Waals surface area (Å²) in [4.78, 5) is 11.5. The van der Waals surface area contributed by atoms with Gasteiger partial charge < -0.3 is 25.4 Å². The van der Waals surface area contributed by atoms with Crippen LogP contribution in [0.2, 0.25) is 0 Å². The average Bonchev–Trinajstić information content (AvgIpc) is 2.35. The lowest BCUT2D eigenvalue weighted by Crippen LogP contribution is -2.22. The average molecular weight is 241 g/mol. The number of aliphatic hydroxyl groups is 2. The van der Waals surface area contributed by atoms with Crippen molar-refractivity contribution in [2.75, 3.05) is 26.1 Å². The molecule has 0 saturated carbocycles. The van der Waals surface area contributed by atoms with Crippen LogP contribution in [0.25, 0.3) is 0 Å². The van der Waals surface area contributed by atoms with Gasteiger partial charge in [-0.3, -0.25) is 0 Å². The molecule has 0 bridgehead atoms. The molecule has 17 heavy (non-hydrogen) atoms. The molecule has 0 aliphatic rings. The first-order valence-electron chi connectivity index (χ1n) is 4.98. The second kappa shape index (κ2) is 6.07. The maximum atomic E-state index is 11.5.